The van der Waals surface area contributed by atoms with E-state index in [4.69, 9.17) is 16.7 Å². The zero-order chi connectivity index (χ0) is 14.4. The molecule has 0 aliphatic rings. The van der Waals surface area contributed by atoms with Crippen molar-refractivity contribution in [1.29, 1.82) is 0 Å². The third-order valence-electron chi connectivity index (χ3n) is 3.07. The minimum atomic E-state index is 0.166. The van der Waals surface area contributed by atoms with Crippen LogP contribution in [0, 0.1) is 0 Å². The predicted octanol–water partition coefficient (Wildman–Crippen LogP) is 2.16. The van der Waals surface area contributed by atoms with E-state index in [1.807, 2.05) is 30.5 Å². The molecule has 0 saturated carbocycles. The van der Waals surface area contributed by atoms with Crippen LogP contribution in [0.3, 0.4) is 0 Å². The van der Waals surface area contributed by atoms with Crippen molar-refractivity contribution in [2.24, 2.45) is 0 Å². The molecule has 1 unspecified atom stereocenters. The smallest absolute Gasteiger partial charge is 0.0965 e. The molecule has 6 heteroatoms. The standard InChI is InChI=1S/C14H19ClN4O/c1-11(12-4-2-5-13(15)8-12)16-9-14-10-19(18-17-14)6-3-7-20/h2,4-5,8,10-11,16,20H,3,6-7,9H2,1H3. The number of benzene rings is 1. The largest absolute Gasteiger partial charge is 0.396 e. The molecule has 0 spiro atoms. The number of aromatic nitrogens is 3. The van der Waals surface area contributed by atoms with Crippen LogP contribution < -0.4 is 5.32 Å². The molecule has 1 aromatic carbocycles. The van der Waals surface area contributed by atoms with Gasteiger partial charge in [-0.3, -0.25) is 4.68 Å². The summed E-state index contributed by atoms with van der Waals surface area (Å²) in [7, 11) is 0. The molecule has 0 radical (unpaired) electrons. The summed E-state index contributed by atoms with van der Waals surface area (Å²) in [5.41, 5.74) is 2.03. The lowest BCUT2D eigenvalue weighted by atomic mass is 10.1. The van der Waals surface area contributed by atoms with Crippen LogP contribution in [0.1, 0.15) is 30.6 Å². The maximum absolute atomic E-state index is 8.77. The summed E-state index contributed by atoms with van der Waals surface area (Å²) >= 11 is 5.98. The average molecular weight is 295 g/mol. The van der Waals surface area contributed by atoms with Gasteiger partial charge in [0.25, 0.3) is 0 Å². The van der Waals surface area contributed by atoms with Gasteiger partial charge in [0.05, 0.1) is 5.69 Å². The van der Waals surface area contributed by atoms with Gasteiger partial charge in [0.1, 0.15) is 0 Å². The lowest BCUT2D eigenvalue weighted by molar-refractivity contribution is 0.276. The highest BCUT2D eigenvalue weighted by Crippen LogP contribution is 2.17. The Balaban J connectivity index is 1.86. The minimum Gasteiger partial charge on any atom is -0.396 e. The van der Waals surface area contributed by atoms with Gasteiger partial charge in [0.15, 0.2) is 0 Å². The van der Waals surface area contributed by atoms with E-state index in [9.17, 15) is 0 Å². The molecule has 0 fully saturated rings. The van der Waals surface area contributed by atoms with Gasteiger partial charge in [0.2, 0.25) is 0 Å². The van der Waals surface area contributed by atoms with E-state index >= 15 is 0 Å². The summed E-state index contributed by atoms with van der Waals surface area (Å²) in [6.45, 7) is 3.58. The summed E-state index contributed by atoms with van der Waals surface area (Å²) in [6, 6.07) is 8.00. The molecular formula is C14H19ClN4O. The lowest BCUT2D eigenvalue weighted by Crippen LogP contribution is -2.18. The number of halogens is 1. The van der Waals surface area contributed by atoms with Crippen LogP contribution in [-0.4, -0.2) is 26.7 Å². The Labute approximate surface area is 123 Å². The third kappa shape index (κ3) is 4.30. The van der Waals surface area contributed by atoms with Crippen molar-refractivity contribution in [3.8, 4) is 0 Å². The van der Waals surface area contributed by atoms with Crippen LogP contribution >= 0.6 is 11.6 Å². The molecule has 20 heavy (non-hydrogen) atoms. The Morgan fingerprint density at radius 1 is 1.45 bits per heavy atom. The number of rotatable bonds is 7. The summed E-state index contributed by atoms with van der Waals surface area (Å²) in [4.78, 5) is 0. The zero-order valence-electron chi connectivity index (χ0n) is 11.5. The minimum absolute atomic E-state index is 0.166. The first-order valence-electron chi connectivity index (χ1n) is 6.68. The van der Waals surface area contributed by atoms with E-state index in [1.54, 1.807) is 4.68 Å². The first-order chi connectivity index (χ1) is 9.69. The molecule has 5 nitrogen and oxygen atoms in total. The molecule has 0 bridgehead atoms. The lowest BCUT2D eigenvalue weighted by Gasteiger charge is -2.13. The fraction of sp³-hybridized carbons (Fsp3) is 0.429. The van der Waals surface area contributed by atoms with E-state index in [1.165, 1.54) is 0 Å². The van der Waals surface area contributed by atoms with Gasteiger partial charge in [-0.05, 0) is 31.0 Å². The Bertz CT molecular complexity index is 543. The van der Waals surface area contributed by atoms with Gasteiger partial charge >= 0.3 is 0 Å². The number of hydrogen-bond acceptors (Lipinski definition) is 4. The summed E-state index contributed by atoms with van der Waals surface area (Å²) in [5.74, 6) is 0. The van der Waals surface area contributed by atoms with Crippen LogP contribution in [0.15, 0.2) is 30.5 Å². The van der Waals surface area contributed by atoms with Gasteiger partial charge < -0.3 is 10.4 Å². The number of hydrogen-bond donors (Lipinski definition) is 2. The Kier molecular flexibility index (Phi) is 5.52. The van der Waals surface area contributed by atoms with Crippen LogP contribution in [0.5, 0.6) is 0 Å². The van der Waals surface area contributed by atoms with Crippen molar-refractivity contribution < 1.29 is 5.11 Å². The molecule has 1 aromatic heterocycles. The second kappa shape index (κ2) is 7.38. The third-order valence-corrected chi connectivity index (χ3v) is 3.30. The Morgan fingerprint density at radius 3 is 3.05 bits per heavy atom. The van der Waals surface area contributed by atoms with Gasteiger partial charge in [-0.15, -0.1) is 5.10 Å². The summed E-state index contributed by atoms with van der Waals surface area (Å²) < 4.78 is 1.75. The molecule has 2 rings (SSSR count). The van der Waals surface area contributed by atoms with E-state index in [-0.39, 0.29) is 12.6 Å². The van der Waals surface area contributed by atoms with Crippen LogP contribution in [0.25, 0.3) is 0 Å². The van der Waals surface area contributed by atoms with Crippen molar-refractivity contribution >= 4 is 11.6 Å². The van der Waals surface area contributed by atoms with Crippen LogP contribution in [-0.2, 0) is 13.1 Å². The maximum atomic E-state index is 8.77. The Hall–Kier alpha value is -1.43. The molecule has 2 aromatic rings. The second-order valence-corrected chi connectivity index (χ2v) is 5.14. The van der Waals surface area contributed by atoms with E-state index in [0.29, 0.717) is 19.5 Å². The topological polar surface area (TPSA) is 63.0 Å². The van der Waals surface area contributed by atoms with Crippen molar-refractivity contribution in [2.75, 3.05) is 6.61 Å². The number of nitrogens with one attached hydrogen (secondary N) is 1. The number of aliphatic hydroxyl groups is 1. The average Bonchev–Trinajstić information content (AvgIpc) is 2.90. The number of nitrogens with zero attached hydrogens (tertiary/aromatic N) is 3. The van der Waals surface area contributed by atoms with Crippen molar-refractivity contribution in [1.82, 2.24) is 20.3 Å². The number of aliphatic hydroxyl groups excluding tert-OH is 1. The molecule has 0 amide bonds. The zero-order valence-corrected chi connectivity index (χ0v) is 12.2. The summed E-state index contributed by atoms with van der Waals surface area (Å²) in [6.07, 6.45) is 2.59. The van der Waals surface area contributed by atoms with Gasteiger partial charge in [0, 0.05) is 37.0 Å². The first-order valence-corrected chi connectivity index (χ1v) is 7.05. The molecule has 1 atom stereocenters. The molecule has 0 saturated heterocycles. The molecule has 1 heterocycles. The van der Waals surface area contributed by atoms with E-state index in [0.717, 1.165) is 16.3 Å². The van der Waals surface area contributed by atoms with Gasteiger partial charge in [-0.1, -0.05) is 28.9 Å². The second-order valence-electron chi connectivity index (χ2n) is 4.71. The van der Waals surface area contributed by atoms with Crippen molar-refractivity contribution in [3.63, 3.8) is 0 Å². The number of aryl methyl sites for hydroxylation is 1. The highest BCUT2D eigenvalue weighted by Gasteiger charge is 2.07. The van der Waals surface area contributed by atoms with Crippen molar-refractivity contribution in [2.45, 2.75) is 32.5 Å². The fourth-order valence-corrected chi connectivity index (χ4v) is 2.11. The molecule has 108 valence electrons. The molecule has 2 N–H and O–H groups in total. The van der Waals surface area contributed by atoms with Gasteiger partial charge in [-0.25, -0.2) is 0 Å². The predicted molar refractivity (Wildman–Crippen MR) is 78.4 cm³/mol. The highest BCUT2D eigenvalue weighted by atomic mass is 35.5. The fourth-order valence-electron chi connectivity index (χ4n) is 1.91. The van der Waals surface area contributed by atoms with Crippen molar-refractivity contribution in [3.05, 3.63) is 46.7 Å². The van der Waals surface area contributed by atoms with E-state index < -0.39 is 0 Å². The highest BCUT2D eigenvalue weighted by molar-refractivity contribution is 6.30. The molecular weight excluding hydrogens is 276 g/mol. The Morgan fingerprint density at radius 2 is 2.30 bits per heavy atom. The molecule has 0 aliphatic heterocycles. The summed E-state index contributed by atoms with van der Waals surface area (Å²) in [5, 5.41) is 21.0. The monoisotopic (exact) mass is 294 g/mol. The quantitative estimate of drug-likeness (QED) is 0.821. The van der Waals surface area contributed by atoms with E-state index in [2.05, 4.69) is 22.6 Å². The maximum Gasteiger partial charge on any atom is 0.0965 e. The van der Waals surface area contributed by atoms with Gasteiger partial charge in [-0.2, -0.15) is 0 Å². The van der Waals surface area contributed by atoms with Crippen LogP contribution in [0.4, 0.5) is 0 Å². The molecule has 0 aliphatic carbocycles. The first kappa shape index (κ1) is 15.0. The normalized spacial score (nSPS) is 12.6. The SMILES string of the molecule is CC(NCc1cn(CCCO)nn1)c1cccc(Cl)c1. The van der Waals surface area contributed by atoms with Crippen LogP contribution in [0.2, 0.25) is 5.02 Å².